The second-order valence-electron chi connectivity index (χ2n) is 7.67. The van der Waals surface area contributed by atoms with E-state index in [0.717, 1.165) is 16.6 Å². The number of benzene rings is 2. The molecule has 0 spiro atoms. The second-order valence-corrected chi connectivity index (χ2v) is 7.67. The number of aromatic nitrogens is 5. The molecule has 0 bridgehead atoms. The first-order valence-electron chi connectivity index (χ1n) is 10.5. The largest absolute Gasteiger partial charge is 0.366 e. The average molecular weight is 442 g/mol. The molecule has 164 valence electrons. The van der Waals surface area contributed by atoms with Gasteiger partial charge in [-0.15, -0.1) is 0 Å². The summed E-state index contributed by atoms with van der Waals surface area (Å²) >= 11 is 0. The fourth-order valence-electron chi connectivity index (χ4n) is 3.68. The van der Waals surface area contributed by atoms with Gasteiger partial charge in [-0.1, -0.05) is 30.3 Å². The molecule has 0 amide bonds. The fraction of sp³-hybridized carbons (Fsp3) is 0.120. The molecular weight excluding hydrogens is 422 g/mol. The first-order valence-corrected chi connectivity index (χ1v) is 10.5. The lowest BCUT2D eigenvalue weighted by Gasteiger charge is -2.08. The van der Waals surface area contributed by atoms with E-state index < -0.39 is 0 Å². The van der Waals surface area contributed by atoms with Gasteiger partial charge in [0.25, 0.3) is 0 Å². The smallest absolute Gasteiger partial charge is 0.183 e. The molecule has 0 aliphatic heterocycles. The Balaban J connectivity index is 1.50. The van der Waals surface area contributed by atoms with Crippen molar-refractivity contribution in [2.45, 2.75) is 20.0 Å². The molecule has 33 heavy (non-hydrogen) atoms. The van der Waals surface area contributed by atoms with Gasteiger partial charge >= 0.3 is 0 Å². The van der Waals surface area contributed by atoms with Gasteiger partial charge in [-0.25, -0.2) is 28.4 Å². The van der Waals surface area contributed by atoms with Crippen LogP contribution in [-0.2, 0) is 13.1 Å². The standard InChI is InChI=1S/C25H20F2N6/c1-16-12-22(29-14-17-6-4-8-19(26)13-17)31-24(30-16)23-20-9-5-11-28-25(20)33(32-23)15-18-7-2-3-10-21(18)27/h2-13H,14-15H2,1H3,(H,29,30,31). The SMILES string of the molecule is Cc1cc(NCc2cccc(F)c2)nc(-c2nn(Cc3ccccc3F)c3ncccc23)n1. The summed E-state index contributed by atoms with van der Waals surface area (Å²) < 4.78 is 29.4. The predicted octanol–water partition coefficient (Wildman–Crippen LogP) is 5.14. The molecule has 8 heteroatoms. The number of hydrogen-bond donors (Lipinski definition) is 1. The second kappa shape index (κ2) is 8.74. The lowest BCUT2D eigenvalue weighted by Crippen LogP contribution is -2.06. The van der Waals surface area contributed by atoms with E-state index in [4.69, 9.17) is 5.10 Å². The van der Waals surface area contributed by atoms with Crippen LogP contribution in [0.1, 0.15) is 16.8 Å². The number of rotatable bonds is 6. The Morgan fingerprint density at radius 1 is 0.939 bits per heavy atom. The topological polar surface area (TPSA) is 68.5 Å². The molecule has 0 aliphatic carbocycles. The van der Waals surface area contributed by atoms with Crippen molar-refractivity contribution in [1.82, 2.24) is 24.7 Å². The minimum atomic E-state index is -0.297. The van der Waals surface area contributed by atoms with Crippen LogP contribution in [0.25, 0.3) is 22.6 Å². The summed E-state index contributed by atoms with van der Waals surface area (Å²) in [6.07, 6.45) is 1.68. The number of aryl methyl sites for hydroxylation is 1. The van der Waals surface area contributed by atoms with Crippen molar-refractivity contribution in [2.24, 2.45) is 0 Å². The monoisotopic (exact) mass is 442 g/mol. The molecule has 0 unspecified atom stereocenters. The lowest BCUT2D eigenvalue weighted by molar-refractivity contribution is 0.589. The van der Waals surface area contributed by atoms with E-state index in [-0.39, 0.29) is 18.2 Å². The third-order valence-corrected chi connectivity index (χ3v) is 5.21. The van der Waals surface area contributed by atoms with Crippen LogP contribution in [0.4, 0.5) is 14.6 Å². The average Bonchev–Trinajstić information content (AvgIpc) is 3.18. The Kier molecular flexibility index (Phi) is 5.48. The van der Waals surface area contributed by atoms with Crippen molar-refractivity contribution in [3.05, 3.63) is 101 Å². The number of nitrogens with one attached hydrogen (secondary N) is 1. The first-order chi connectivity index (χ1) is 16.1. The number of halogens is 2. The van der Waals surface area contributed by atoms with Crippen LogP contribution in [0.5, 0.6) is 0 Å². The number of fused-ring (bicyclic) bond motifs is 1. The van der Waals surface area contributed by atoms with Crippen molar-refractivity contribution in [2.75, 3.05) is 5.32 Å². The van der Waals surface area contributed by atoms with E-state index >= 15 is 0 Å². The maximum atomic E-state index is 14.2. The predicted molar refractivity (Wildman–Crippen MR) is 123 cm³/mol. The minimum Gasteiger partial charge on any atom is -0.366 e. The van der Waals surface area contributed by atoms with Gasteiger partial charge < -0.3 is 5.32 Å². The van der Waals surface area contributed by atoms with Gasteiger partial charge in [0.05, 0.1) is 11.9 Å². The molecule has 1 N–H and O–H groups in total. The van der Waals surface area contributed by atoms with Crippen LogP contribution in [0.3, 0.4) is 0 Å². The zero-order chi connectivity index (χ0) is 22.8. The lowest BCUT2D eigenvalue weighted by atomic mass is 10.2. The summed E-state index contributed by atoms with van der Waals surface area (Å²) in [5, 5.41) is 8.69. The highest BCUT2D eigenvalue weighted by atomic mass is 19.1. The highest BCUT2D eigenvalue weighted by molar-refractivity contribution is 5.89. The summed E-state index contributed by atoms with van der Waals surface area (Å²) in [7, 11) is 0. The van der Waals surface area contributed by atoms with E-state index in [1.807, 2.05) is 31.2 Å². The van der Waals surface area contributed by atoms with Crippen LogP contribution in [0.15, 0.2) is 72.9 Å². The van der Waals surface area contributed by atoms with E-state index in [1.54, 1.807) is 35.1 Å². The fourth-order valence-corrected chi connectivity index (χ4v) is 3.68. The molecule has 5 rings (SSSR count). The Bertz CT molecular complexity index is 1450. The third-order valence-electron chi connectivity index (χ3n) is 5.21. The van der Waals surface area contributed by atoms with Crippen LogP contribution in [0, 0.1) is 18.6 Å². The van der Waals surface area contributed by atoms with Crippen molar-refractivity contribution in [3.63, 3.8) is 0 Å². The quantitative estimate of drug-likeness (QED) is 0.395. The third kappa shape index (κ3) is 4.41. The van der Waals surface area contributed by atoms with E-state index in [9.17, 15) is 8.78 Å². The Labute approximate surface area is 189 Å². The van der Waals surface area contributed by atoms with Crippen molar-refractivity contribution < 1.29 is 8.78 Å². The normalized spacial score (nSPS) is 11.1. The van der Waals surface area contributed by atoms with E-state index in [2.05, 4.69) is 20.3 Å². The molecule has 6 nitrogen and oxygen atoms in total. The summed E-state index contributed by atoms with van der Waals surface area (Å²) in [6, 6.07) is 18.5. The highest BCUT2D eigenvalue weighted by Crippen LogP contribution is 2.26. The highest BCUT2D eigenvalue weighted by Gasteiger charge is 2.17. The molecule has 0 saturated heterocycles. The van der Waals surface area contributed by atoms with Gasteiger partial charge in [-0.2, -0.15) is 5.10 Å². The van der Waals surface area contributed by atoms with Gasteiger partial charge in [0.15, 0.2) is 11.5 Å². The van der Waals surface area contributed by atoms with Crippen molar-refractivity contribution >= 4 is 16.9 Å². The van der Waals surface area contributed by atoms with Crippen LogP contribution < -0.4 is 5.32 Å². The van der Waals surface area contributed by atoms with Crippen molar-refractivity contribution in [1.29, 1.82) is 0 Å². The molecule has 0 radical (unpaired) electrons. The number of nitrogens with zero attached hydrogens (tertiary/aromatic N) is 5. The van der Waals surface area contributed by atoms with Gasteiger partial charge in [0, 0.05) is 30.1 Å². The number of hydrogen-bond acceptors (Lipinski definition) is 5. The molecule has 3 aromatic heterocycles. The maximum Gasteiger partial charge on any atom is 0.183 e. The summed E-state index contributed by atoms with van der Waals surface area (Å²) in [6.45, 7) is 2.52. The van der Waals surface area contributed by atoms with E-state index in [0.29, 0.717) is 35.1 Å². The molecule has 0 saturated carbocycles. The summed E-state index contributed by atoms with van der Waals surface area (Å²) in [4.78, 5) is 13.7. The molecule has 5 aromatic rings. The van der Waals surface area contributed by atoms with Crippen LogP contribution in [-0.4, -0.2) is 24.7 Å². The molecule has 3 heterocycles. The summed E-state index contributed by atoms with van der Waals surface area (Å²) in [5.74, 6) is 0.451. The zero-order valence-electron chi connectivity index (χ0n) is 17.8. The molecule has 0 aliphatic rings. The van der Waals surface area contributed by atoms with Gasteiger partial charge in [0.2, 0.25) is 0 Å². The molecular formula is C25H20F2N6. The van der Waals surface area contributed by atoms with Crippen molar-refractivity contribution in [3.8, 4) is 11.5 Å². The Hall–Kier alpha value is -4.20. The number of anilines is 1. The minimum absolute atomic E-state index is 0.233. The van der Waals surface area contributed by atoms with Gasteiger partial charge in [0.1, 0.15) is 23.1 Å². The van der Waals surface area contributed by atoms with Crippen LogP contribution >= 0.6 is 0 Å². The Morgan fingerprint density at radius 3 is 2.67 bits per heavy atom. The Morgan fingerprint density at radius 2 is 1.82 bits per heavy atom. The molecule has 0 fully saturated rings. The van der Waals surface area contributed by atoms with Gasteiger partial charge in [-0.3, -0.25) is 0 Å². The zero-order valence-corrected chi connectivity index (χ0v) is 17.8. The molecule has 2 aromatic carbocycles. The summed E-state index contributed by atoms with van der Waals surface area (Å²) in [5.41, 5.74) is 3.25. The maximum absolute atomic E-state index is 14.2. The van der Waals surface area contributed by atoms with Gasteiger partial charge in [-0.05, 0) is 42.8 Å². The number of pyridine rings is 1. The van der Waals surface area contributed by atoms with E-state index in [1.165, 1.54) is 18.2 Å². The first kappa shape index (κ1) is 20.7. The molecule has 0 atom stereocenters. The van der Waals surface area contributed by atoms with Crippen LogP contribution in [0.2, 0.25) is 0 Å².